The van der Waals surface area contributed by atoms with Crippen LogP contribution in [-0.2, 0) is 11.3 Å². The van der Waals surface area contributed by atoms with Crippen LogP contribution in [0.5, 0.6) is 0 Å². The maximum atomic E-state index is 12.8. The lowest BCUT2D eigenvalue weighted by atomic mass is 9.71. The zero-order valence-corrected chi connectivity index (χ0v) is 14.4. The summed E-state index contributed by atoms with van der Waals surface area (Å²) in [4.78, 5) is 15.0. The number of piperidine rings is 1. The summed E-state index contributed by atoms with van der Waals surface area (Å²) in [5.74, 6) is 0.787. The summed E-state index contributed by atoms with van der Waals surface area (Å²) in [6.45, 7) is 5.08. The van der Waals surface area contributed by atoms with Crippen LogP contribution < -0.4 is 0 Å². The number of amides is 1. The summed E-state index contributed by atoms with van der Waals surface area (Å²) < 4.78 is 0. The Balaban J connectivity index is 1.91. The molecule has 1 heterocycles. The fourth-order valence-electron chi connectivity index (χ4n) is 4.42. The van der Waals surface area contributed by atoms with Crippen molar-refractivity contribution in [3.8, 4) is 0 Å². The number of alkyl halides is 1. The van der Waals surface area contributed by atoms with E-state index in [1.807, 2.05) is 0 Å². The van der Waals surface area contributed by atoms with Gasteiger partial charge in [-0.1, -0.05) is 31.2 Å². The van der Waals surface area contributed by atoms with E-state index in [9.17, 15) is 4.79 Å². The molecule has 3 rings (SSSR count). The normalized spacial score (nSPS) is 32.5. The molecule has 1 saturated carbocycles. The van der Waals surface area contributed by atoms with E-state index in [4.69, 9.17) is 11.6 Å². The molecule has 2 aliphatic rings. The van der Waals surface area contributed by atoms with E-state index in [1.54, 1.807) is 0 Å². The topological polar surface area (TPSA) is 20.3 Å². The van der Waals surface area contributed by atoms with Crippen LogP contribution in [0.3, 0.4) is 0 Å². The molecule has 0 N–H and O–H groups in total. The van der Waals surface area contributed by atoms with E-state index < -0.39 is 0 Å². The molecule has 1 spiro atoms. The Morgan fingerprint density at radius 1 is 1.32 bits per heavy atom. The highest BCUT2D eigenvalue weighted by Gasteiger charge is 2.47. The zero-order chi connectivity index (χ0) is 15.7. The minimum atomic E-state index is -0.0122. The van der Waals surface area contributed by atoms with Crippen molar-refractivity contribution >= 4 is 17.5 Å². The fourth-order valence-corrected chi connectivity index (χ4v) is 4.86. The molecule has 120 valence electrons. The van der Waals surface area contributed by atoms with Crippen molar-refractivity contribution in [2.45, 2.75) is 69.8 Å². The molecule has 1 aliphatic carbocycles. The third-order valence-electron chi connectivity index (χ3n) is 5.48. The van der Waals surface area contributed by atoms with Crippen molar-refractivity contribution in [3.63, 3.8) is 0 Å². The largest absolute Gasteiger partial charge is 0.333 e. The maximum Gasteiger partial charge on any atom is 0.223 e. The molecule has 3 heteroatoms. The number of hydrogen-bond acceptors (Lipinski definition) is 1. The number of likely N-dealkylation sites (tertiary alicyclic amines) is 1. The molecular weight excluding hydrogens is 294 g/mol. The van der Waals surface area contributed by atoms with Gasteiger partial charge in [0.15, 0.2) is 0 Å². The number of rotatable bonds is 2. The third kappa shape index (κ3) is 3.03. The van der Waals surface area contributed by atoms with Crippen LogP contribution in [0.4, 0.5) is 0 Å². The van der Waals surface area contributed by atoms with Gasteiger partial charge in [-0.2, -0.15) is 0 Å². The van der Waals surface area contributed by atoms with Crippen LogP contribution in [0.1, 0.15) is 56.6 Å². The van der Waals surface area contributed by atoms with Gasteiger partial charge in [0.25, 0.3) is 0 Å². The molecule has 1 saturated heterocycles. The second-order valence-corrected chi connectivity index (χ2v) is 7.95. The highest BCUT2D eigenvalue weighted by atomic mass is 35.5. The summed E-state index contributed by atoms with van der Waals surface area (Å²) in [7, 11) is 0. The average Bonchev–Trinajstić information content (AvgIpc) is 2.44. The summed E-state index contributed by atoms with van der Waals surface area (Å²) >= 11 is 6.50. The molecule has 22 heavy (non-hydrogen) atoms. The lowest BCUT2D eigenvalue weighted by molar-refractivity contribution is -0.148. The molecule has 3 unspecified atom stereocenters. The van der Waals surface area contributed by atoms with Gasteiger partial charge in [0.05, 0.1) is 0 Å². The second kappa shape index (κ2) is 6.23. The number of aryl methyl sites for hydroxylation is 1. The van der Waals surface area contributed by atoms with E-state index in [1.165, 1.54) is 11.1 Å². The predicted octanol–water partition coefficient (Wildman–Crippen LogP) is 4.67. The Morgan fingerprint density at radius 3 is 2.82 bits per heavy atom. The lowest BCUT2D eigenvalue weighted by Crippen LogP contribution is -2.58. The van der Waals surface area contributed by atoms with Gasteiger partial charge in [-0.25, -0.2) is 0 Å². The van der Waals surface area contributed by atoms with Crippen molar-refractivity contribution in [1.29, 1.82) is 0 Å². The Bertz CT molecular complexity index is 554. The van der Waals surface area contributed by atoms with Gasteiger partial charge < -0.3 is 4.90 Å². The van der Waals surface area contributed by atoms with E-state index in [0.717, 1.165) is 38.6 Å². The minimum Gasteiger partial charge on any atom is -0.333 e. The van der Waals surface area contributed by atoms with Gasteiger partial charge >= 0.3 is 0 Å². The monoisotopic (exact) mass is 319 g/mol. The van der Waals surface area contributed by atoms with Gasteiger partial charge in [0.1, 0.15) is 0 Å². The maximum absolute atomic E-state index is 12.8. The molecule has 1 amide bonds. The summed E-state index contributed by atoms with van der Waals surface area (Å²) in [5.41, 5.74) is 2.52. The summed E-state index contributed by atoms with van der Waals surface area (Å²) in [6.07, 6.45) is 6.08. The first-order chi connectivity index (χ1) is 10.5. The predicted molar refractivity (Wildman–Crippen MR) is 91.0 cm³/mol. The number of hydrogen-bond donors (Lipinski definition) is 0. The van der Waals surface area contributed by atoms with Crippen molar-refractivity contribution in [2.24, 2.45) is 5.92 Å². The third-order valence-corrected chi connectivity index (χ3v) is 5.85. The average molecular weight is 320 g/mol. The Kier molecular flexibility index (Phi) is 4.49. The van der Waals surface area contributed by atoms with Crippen LogP contribution in [0, 0.1) is 12.8 Å². The standard InChI is InChI=1S/C19H26ClNO/c1-14-10-18(22)21(13-16-7-4-3-6-15(16)2)19(11-14)9-5-8-17(20)12-19/h3-4,6-7,14,17H,5,8-13H2,1-2H3. The Hall–Kier alpha value is -1.02. The molecule has 0 bridgehead atoms. The summed E-state index contributed by atoms with van der Waals surface area (Å²) in [6, 6.07) is 8.40. The Labute approximate surface area is 138 Å². The van der Waals surface area contributed by atoms with E-state index in [-0.39, 0.29) is 10.9 Å². The molecule has 1 aromatic carbocycles. The first-order valence-corrected chi connectivity index (χ1v) is 8.93. The lowest BCUT2D eigenvalue weighted by Gasteiger charge is -2.52. The summed E-state index contributed by atoms with van der Waals surface area (Å²) in [5, 5.41) is 0.214. The van der Waals surface area contributed by atoms with Crippen molar-refractivity contribution in [3.05, 3.63) is 35.4 Å². The van der Waals surface area contributed by atoms with Gasteiger partial charge in [-0.3, -0.25) is 4.79 Å². The minimum absolute atomic E-state index is 0.0122. The van der Waals surface area contributed by atoms with Crippen LogP contribution in [0.25, 0.3) is 0 Å². The first kappa shape index (κ1) is 15.9. The highest BCUT2D eigenvalue weighted by Crippen LogP contribution is 2.45. The van der Waals surface area contributed by atoms with Crippen molar-refractivity contribution < 1.29 is 4.79 Å². The van der Waals surface area contributed by atoms with Gasteiger partial charge in [0, 0.05) is 23.9 Å². The molecule has 2 nitrogen and oxygen atoms in total. The second-order valence-electron chi connectivity index (χ2n) is 7.34. The van der Waals surface area contributed by atoms with Crippen molar-refractivity contribution in [1.82, 2.24) is 4.90 Å². The van der Waals surface area contributed by atoms with E-state index >= 15 is 0 Å². The highest BCUT2D eigenvalue weighted by molar-refractivity contribution is 6.20. The number of halogens is 1. The fraction of sp³-hybridized carbons (Fsp3) is 0.632. The quantitative estimate of drug-likeness (QED) is 0.725. The SMILES string of the molecule is Cc1ccccc1CN1C(=O)CC(C)CC12CCCC(Cl)C2. The van der Waals surface area contributed by atoms with Gasteiger partial charge in [-0.05, 0) is 56.1 Å². The number of carbonyl (C=O) groups is 1. The molecule has 0 aromatic heterocycles. The van der Waals surface area contributed by atoms with E-state index in [2.05, 4.69) is 43.0 Å². The first-order valence-electron chi connectivity index (χ1n) is 8.49. The number of carbonyl (C=O) groups excluding carboxylic acids is 1. The van der Waals surface area contributed by atoms with Gasteiger partial charge in [-0.15, -0.1) is 11.6 Å². The number of benzene rings is 1. The molecule has 2 fully saturated rings. The molecule has 1 aliphatic heterocycles. The Morgan fingerprint density at radius 2 is 2.09 bits per heavy atom. The van der Waals surface area contributed by atoms with E-state index in [0.29, 0.717) is 18.2 Å². The van der Waals surface area contributed by atoms with Crippen LogP contribution >= 0.6 is 11.6 Å². The van der Waals surface area contributed by atoms with Gasteiger partial charge in [0.2, 0.25) is 5.91 Å². The number of nitrogens with zero attached hydrogens (tertiary/aromatic N) is 1. The van der Waals surface area contributed by atoms with Crippen LogP contribution in [-0.4, -0.2) is 21.7 Å². The smallest absolute Gasteiger partial charge is 0.223 e. The molecular formula is C19H26ClNO. The van der Waals surface area contributed by atoms with Crippen LogP contribution in [0.2, 0.25) is 0 Å². The molecule has 1 aromatic rings. The van der Waals surface area contributed by atoms with Crippen LogP contribution in [0.15, 0.2) is 24.3 Å². The molecule has 3 atom stereocenters. The van der Waals surface area contributed by atoms with Crippen molar-refractivity contribution in [2.75, 3.05) is 0 Å². The molecule has 0 radical (unpaired) electrons. The zero-order valence-electron chi connectivity index (χ0n) is 13.6.